The topological polar surface area (TPSA) is 65.0 Å². The van der Waals surface area contributed by atoms with Gasteiger partial charge in [-0.2, -0.15) is 0 Å². The fourth-order valence-corrected chi connectivity index (χ4v) is 1.80. The molecule has 0 saturated heterocycles. The van der Waals surface area contributed by atoms with Crippen molar-refractivity contribution in [1.29, 1.82) is 0 Å². The number of rotatable bonds is 6. The number of aliphatic hydroxyl groups is 1. The molecule has 1 atom stereocenters. The first-order valence-corrected chi connectivity index (χ1v) is 5.25. The van der Waals surface area contributed by atoms with Crippen LogP contribution in [0.25, 0.3) is 0 Å². The molecular weight excluding hydrogens is 183 g/mol. The predicted molar refractivity (Wildman–Crippen MR) is 43.6 cm³/mol. The Morgan fingerprint density at radius 1 is 1.33 bits per heavy atom. The second-order valence-electron chi connectivity index (χ2n) is 1.99. The van der Waals surface area contributed by atoms with Gasteiger partial charge in [0.2, 0.25) is 0 Å². The Morgan fingerprint density at radius 2 is 1.75 bits per heavy atom. The van der Waals surface area contributed by atoms with Gasteiger partial charge in [0.1, 0.15) is 0 Å². The number of hydrogen-bond donors (Lipinski definition) is 1. The van der Waals surface area contributed by atoms with Crippen LogP contribution in [0.5, 0.6) is 0 Å². The number of phosphoric ester groups is 1. The summed E-state index contributed by atoms with van der Waals surface area (Å²) in [6.07, 6.45) is -1.16. The minimum absolute atomic E-state index is 0.212. The van der Waals surface area contributed by atoms with Crippen molar-refractivity contribution in [2.24, 2.45) is 0 Å². The predicted octanol–water partition coefficient (Wildman–Crippen LogP) is 1.52. The Balaban J connectivity index is 4.08. The van der Waals surface area contributed by atoms with Crippen molar-refractivity contribution in [2.75, 3.05) is 13.2 Å². The highest BCUT2D eigenvalue weighted by Gasteiger charge is 2.27. The lowest BCUT2D eigenvalue weighted by Crippen LogP contribution is -2.08. The van der Waals surface area contributed by atoms with Crippen LogP contribution < -0.4 is 0 Å². The fraction of sp³-hybridized carbons (Fsp3) is 1.00. The quantitative estimate of drug-likeness (QED) is 0.517. The van der Waals surface area contributed by atoms with Crippen molar-refractivity contribution in [1.82, 2.24) is 0 Å². The van der Waals surface area contributed by atoms with E-state index in [0.717, 1.165) is 0 Å². The highest BCUT2D eigenvalue weighted by molar-refractivity contribution is 7.48. The smallest absolute Gasteiger partial charge is 0.368 e. The van der Waals surface area contributed by atoms with Crippen LogP contribution >= 0.6 is 7.82 Å². The van der Waals surface area contributed by atoms with Gasteiger partial charge in [-0.1, -0.05) is 0 Å². The number of phosphoric acid groups is 1. The van der Waals surface area contributed by atoms with Crippen LogP contribution in [0.15, 0.2) is 0 Å². The highest BCUT2D eigenvalue weighted by atomic mass is 31.2. The van der Waals surface area contributed by atoms with E-state index in [0.29, 0.717) is 0 Å². The first-order valence-electron chi connectivity index (χ1n) is 3.79. The monoisotopic (exact) mass is 198 g/mol. The molecule has 0 radical (unpaired) electrons. The lowest BCUT2D eigenvalue weighted by molar-refractivity contribution is -0.0334. The summed E-state index contributed by atoms with van der Waals surface area (Å²) in [6.45, 7) is 5.09. The van der Waals surface area contributed by atoms with Crippen LogP contribution in [-0.2, 0) is 18.1 Å². The zero-order valence-electron chi connectivity index (χ0n) is 7.52. The van der Waals surface area contributed by atoms with Gasteiger partial charge in [-0.25, -0.2) is 4.57 Å². The van der Waals surface area contributed by atoms with Crippen LogP contribution in [0.4, 0.5) is 0 Å². The summed E-state index contributed by atoms with van der Waals surface area (Å²) in [5.41, 5.74) is 0. The van der Waals surface area contributed by atoms with E-state index < -0.39 is 14.1 Å². The van der Waals surface area contributed by atoms with E-state index in [9.17, 15) is 4.57 Å². The molecule has 0 fully saturated rings. The Hall–Kier alpha value is 0.0700. The van der Waals surface area contributed by atoms with E-state index in [1.807, 2.05) is 0 Å². The molecule has 0 aliphatic rings. The maximum absolute atomic E-state index is 11.4. The second kappa shape index (κ2) is 5.67. The minimum atomic E-state index is -3.53. The molecule has 0 aromatic heterocycles. The van der Waals surface area contributed by atoms with Crippen molar-refractivity contribution in [3.8, 4) is 0 Å². The van der Waals surface area contributed by atoms with Gasteiger partial charge in [0, 0.05) is 0 Å². The molecule has 0 aromatic carbocycles. The molecule has 12 heavy (non-hydrogen) atoms. The van der Waals surface area contributed by atoms with Gasteiger partial charge in [0.25, 0.3) is 0 Å². The van der Waals surface area contributed by atoms with Gasteiger partial charge in [0.05, 0.1) is 13.2 Å². The van der Waals surface area contributed by atoms with Crippen LogP contribution in [-0.4, -0.2) is 24.6 Å². The molecule has 5 nitrogen and oxygen atoms in total. The Morgan fingerprint density at radius 3 is 2.00 bits per heavy atom. The number of aliphatic hydroxyl groups excluding tert-OH is 1. The molecule has 0 bridgehead atoms. The van der Waals surface area contributed by atoms with Crippen molar-refractivity contribution in [3.63, 3.8) is 0 Å². The summed E-state index contributed by atoms with van der Waals surface area (Å²) in [4.78, 5) is 0. The molecule has 0 spiro atoms. The minimum Gasteiger partial charge on any atom is -0.368 e. The third-order valence-electron chi connectivity index (χ3n) is 0.856. The summed E-state index contributed by atoms with van der Waals surface area (Å²) < 4.78 is 25.4. The Kier molecular flexibility index (Phi) is 5.70. The Bertz CT molecular complexity index is 148. The maximum Gasteiger partial charge on any atom is 0.477 e. The maximum atomic E-state index is 11.4. The largest absolute Gasteiger partial charge is 0.477 e. The third kappa shape index (κ3) is 4.85. The van der Waals surface area contributed by atoms with E-state index in [1.54, 1.807) is 13.8 Å². The molecule has 0 aromatic rings. The van der Waals surface area contributed by atoms with Crippen molar-refractivity contribution in [2.45, 2.75) is 27.1 Å². The lowest BCUT2D eigenvalue weighted by atomic mass is 10.8. The van der Waals surface area contributed by atoms with Crippen LogP contribution in [0.1, 0.15) is 20.8 Å². The van der Waals surface area contributed by atoms with Crippen LogP contribution in [0.2, 0.25) is 0 Å². The molecule has 1 N–H and O–H groups in total. The standard InChI is InChI=1S/C6H15O5P/c1-4-9-12(8,10-5-2)11-6(3)7/h6-7H,4-5H2,1-3H3. The van der Waals surface area contributed by atoms with Crippen molar-refractivity contribution < 1.29 is 23.2 Å². The van der Waals surface area contributed by atoms with Crippen molar-refractivity contribution in [3.05, 3.63) is 0 Å². The molecular formula is C6H15O5P. The van der Waals surface area contributed by atoms with Gasteiger partial charge >= 0.3 is 7.82 Å². The van der Waals surface area contributed by atoms with Gasteiger partial charge in [-0.05, 0) is 20.8 Å². The fourth-order valence-electron chi connectivity index (χ4n) is 0.601. The zero-order valence-corrected chi connectivity index (χ0v) is 8.41. The third-order valence-corrected chi connectivity index (χ3v) is 2.57. The molecule has 1 unspecified atom stereocenters. The van der Waals surface area contributed by atoms with E-state index in [1.165, 1.54) is 6.92 Å². The normalized spacial score (nSPS) is 14.7. The highest BCUT2D eigenvalue weighted by Crippen LogP contribution is 2.49. The summed E-state index contributed by atoms with van der Waals surface area (Å²) in [5.74, 6) is 0. The average Bonchev–Trinajstić information content (AvgIpc) is 1.85. The summed E-state index contributed by atoms with van der Waals surface area (Å²) in [6, 6.07) is 0. The van der Waals surface area contributed by atoms with Gasteiger partial charge < -0.3 is 5.11 Å². The number of hydrogen-bond acceptors (Lipinski definition) is 5. The average molecular weight is 198 g/mol. The summed E-state index contributed by atoms with van der Waals surface area (Å²) in [5, 5.41) is 8.79. The van der Waals surface area contributed by atoms with Gasteiger partial charge in [-0.15, -0.1) is 0 Å². The first kappa shape index (κ1) is 12.1. The van der Waals surface area contributed by atoms with E-state index >= 15 is 0 Å². The molecule has 0 saturated carbocycles. The lowest BCUT2D eigenvalue weighted by Gasteiger charge is -2.17. The molecule has 0 heterocycles. The summed E-state index contributed by atoms with van der Waals surface area (Å²) >= 11 is 0. The van der Waals surface area contributed by atoms with Gasteiger partial charge in [0.15, 0.2) is 6.29 Å². The Labute approximate surface area is 72.2 Å². The first-order chi connectivity index (χ1) is 5.54. The molecule has 6 heteroatoms. The molecule has 74 valence electrons. The van der Waals surface area contributed by atoms with Crippen LogP contribution in [0, 0.1) is 0 Å². The molecule has 0 amide bonds. The van der Waals surface area contributed by atoms with Gasteiger partial charge in [-0.3, -0.25) is 13.6 Å². The van der Waals surface area contributed by atoms with E-state index in [-0.39, 0.29) is 13.2 Å². The summed E-state index contributed by atoms with van der Waals surface area (Å²) in [7, 11) is -3.53. The SMILES string of the molecule is CCOP(=O)(OCC)OC(C)O. The van der Waals surface area contributed by atoms with E-state index in [2.05, 4.69) is 4.52 Å². The van der Waals surface area contributed by atoms with E-state index in [4.69, 9.17) is 14.2 Å². The van der Waals surface area contributed by atoms with Crippen LogP contribution in [0.3, 0.4) is 0 Å². The molecule has 0 rings (SSSR count). The molecule has 0 aliphatic heterocycles. The van der Waals surface area contributed by atoms with Crippen molar-refractivity contribution >= 4 is 7.82 Å². The molecule has 0 aliphatic carbocycles. The second-order valence-corrected chi connectivity index (χ2v) is 3.61. The zero-order chi connectivity index (χ0) is 9.61.